The first kappa shape index (κ1) is 17.3. The molecule has 0 aliphatic carbocycles. The van der Waals surface area contributed by atoms with Crippen LogP contribution in [-0.2, 0) is 4.79 Å². The summed E-state index contributed by atoms with van der Waals surface area (Å²) in [7, 11) is 0. The van der Waals surface area contributed by atoms with Gasteiger partial charge in [-0.15, -0.1) is 13.2 Å². The van der Waals surface area contributed by atoms with Gasteiger partial charge in [0.15, 0.2) is 5.78 Å². The van der Waals surface area contributed by atoms with Crippen molar-refractivity contribution in [2.24, 2.45) is 0 Å². The highest BCUT2D eigenvalue weighted by molar-refractivity contribution is 5.96. The van der Waals surface area contributed by atoms with E-state index in [4.69, 9.17) is 0 Å². The first-order chi connectivity index (χ1) is 10.8. The summed E-state index contributed by atoms with van der Waals surface area (Å²) in [5, 5.41) is 2.75. The molecule has 1 aromatic carbocycles. The minimum Gasteiger partial charge on any atom is -0.406 e. The number of hydrogen-bond donors (Lipinski definition) is 1. The van der Waals surface area contributed by atoms with Crippen molar-refractivity contribution in [3.63, 3.8) is 0 Å². The average Bonchev–Trinajstić information content (AvgIpc) is 2.68. The Morgan fingerprint density at radius 1 is 1.22 bits per heavy atom. The highest BCUT2D eigenvalue weighted by Crippen LogP contribution is 2.23. The SMILES string of the molecule is O=C1CCN(CCC(=O)c2ccc(OC(F)(F)F)cc2)CCN1. The van der Waals surface area contributed by atoms with Crippen molar-refractivity contribution in [1.29, 1.82) is 0 Å². The van der Waals surface area contributed by atoms with E-state index in [9.17, 15) is 22.8 Å². The number of nitrogens with one attached hydrogen (secondary N) is 1. The van der Waals surface area contributed by atoms with Gasteiger partial charge in [0.05, 0.1) is 0 Å². The summed E-state index contributed by atoms with van der Waals surface area (Å²) in [5.74, 6) is -0.516. The largest absolute Gasteiger partial charge is 0.573 e. The number of halogens is 3. The lowest BCUT2D eigenvalue weighted by Gasteiger charge is -2.18. The van der Waals surface area contributed by atoms with Crippen LogP contribution in [0.2, 0.25) is 0 Å². The van der Waals surface area contributed by atoms with Crippen molar-refractivity contribution in [1.82, 2.24) is 10.2 Å². The number of rotatable bonds is 5. The number of ether oxygens (including phenoxy) is 1. The molecule has 5 nitrogen and oxygen atoms in total. The molecule has 0 radical (unpaired) electrons. The lowest BCUT2D eigenvalue weighted by molar-refractivity contribution is -0.274. The number of alkyl halides is 3. The first-order valence-electron chi connectivity index (χ1n) is 7.21. The predicted molar refractivity (Wildman–Crippen MR) is 76.1 cm³/mol. The summed E-state index contributed by atoms with van der Waals surface area (Å²) in [4.78, 5) is 25.3. The summed E-state index contributed by atoms with van der Waals surface area (Å²) in [6.45, 7) is 2.33. The zero-order valence-corrected chi connectivity index (χ0v) is 12.4. The Balaban J connectivity index is 1.84. The van der Waals surface area contributed by atoms with Gasteiger partial charge in [-0.2, -0.15) is 0 Å². The Hall–Kier alpha value is -2.09. The van der Waals surface area contributed by atoms with Gasteiger partial charge in [-0.05, 0) is 24.3 Å². The summed E-state index contributed by atoms with van der Waals surface area (Å²) < 4.78 is 39.9. The normalized spacial score (nSPS) is 16.6. The highest BCUT2D eigenvalue weighted by atomic mass is 19.4. The van der Waals surface area contributed by atoms with Crippen LogP contribution in [0.5, 0.6) is 5.75 Å². The van der Waals surface area contributed by atoms with Gasteiger partial charge < -0.3 is 15.0 Å². The second kappa shape index (κ2) is 7.45. The summed E-state index contributed by atoms with van der Waals surface area (Å²) >= 11 is 0. The van der Waals surface area contributed by atoms with E-state index in [1.807, 2.05) is 4.90 Å². The molecule has 126 valence electrons. The predicted octanol–water partition coefficient (Wildman–Crippen LogP) is 1.98. The zero-order valence-electron chi connectivity index (χ0n) is 12.4. The van der Waals surface area contributed by atoms with E-state index in [0.717, 1.165) is 12.1 Å². The molecule has 0 spiro atoms. The fraction of sp³-hybridized carbons (Fsp3) is 0.467. The van der Waals surface area contributed by atoms with E-state index < -0.39 is 6.36 Å². The topological polar surface area (TPSA) is 58.6 Å². The molecule has 1 aromatic rings. The van der Waals surface area contributed by atoms with Crippen molar-refractivity contribution in [3.8, 4) is 5.75 Å². The smallest absolute Gasteiger partial charge is 0.406 e. The number of Topliss-reactive ketones (excluding diaryl/α,β-unsaturated/α-hetero) is 1. The Bertz CT molecular complexity index is 558. The molecule has 1 fully saturated rings. The molecule has 23 heavy (non-hydrogen) atoms. The zero-order chi connectivity index (χ0) is 16.9. The van der Waals surface area contributed by atoms with Gasteiger partial charge in [-0.3, -0.25) is 9.59 Å². The molecule has 2 rings (SSSR count). The van der Waals surface area contributed by atoms with Crippen LogP contribution >= 0.6 is 0 Å². The number of ketones is 1. The third-order valence-electron chi connectivity index (χ3n) is 3.47. The molecule has 0 unspecified atom stereocenters. The molecule has 0 saturated carbocycles. The standard InChI is InChI=1S/C15H17F3N2O3/c16-15(17,18)23-12-3-1-11(2-4-12)13(21)5-8-20-9-6-14(22)19-7-10-20/h1-4H,5-10H2,(H,19,22). The van der Waals surface area contributed by atoms with Crippen LogP contribution in [0.1, 0.15) is 23.2 Å². The molecule has 1 aliphatic rings. The Kier molecular flexibility index (Phi) is 5.59. The number of benzene rings is 1. The Morgan fingerprint density at radius 2 is 1.91 bits per heavy atom. The average molecular weight is 330 g/mol. The van der Waals surface area contributed by atoms with E-state index >= 15 is 0 Å². The molecule has 8 heteroatoms. The molecule has 1 heterocycles. The van der Waals surface area contributed by atoms with Gasteiger partial charge >= 0.3 is 6.36 Å². The van der Waals surface area contributed by atoms with E-state index in [0.29, 0.717) is 38.2 Å². The molecule has 0 aromatic heterocycles. The fourth-order valence-corrected chi connectivity index (χ4v) is 2.28. The van der Waals surface area contributed by atoms with Crippen LogP contribution in [0.4, 0.5) is 13.2 Å². The maximum absolute atomic E-state index is 12.1. The molecule has 1 N–H and O–H groups in total. The van der Waals surface area contributed by atoms with Crippen molar-refractivity contribution in [2.75, 3.05) is 26.2 Å². The highest BCUT2D eigenvalue weighted by Gasteiger charge is 2.31. The van der Waals surface area contributed by atoms with Crippen molar-refractivity contribution < 1.29 is 27.5 Å². The molecule has 1 amide bonds. The summed E-state index contributed by atoms with van der Waals surface area (Å²) in [5.41, 5.74) is 0.337. The van der Waals surface area contributed by atoms with Crippen LogP contribution in [0.3, 0.4) is 0 Å². The van der Waals surface area contributed by atoms with Crippen LogP contribution in [0, 0.1) is 0 Å². The minimum atomic E-state index is -4.75. The maximum Gasteiger partial charge on any atom is 0.573 e. The van der Waals surface area contributed by atoms with Gasteiger partial charge in [-0.1, -0.05) is 0 Å². The van der Waals surface area contributed by atoms with Gasteiger partial charge in [0, 0.05) is 44.6 Å². The second-order valence-electron chi connectivity index (χ2n) is 5.19. The third kappa shape index (κ3) is 5.90. The molecule has 0 bridgehead atoms. The maximum atomic E-state index is 12.1. The van der Waals surface area contributed by atoms with E-state index in [-0.39, 0.29) is 23.9 Å². The van der Waals surface area contributed by atoms with E-state index in [1.54, 1.807) is 0 Å². The second-order valence-corrected chi connectivity index (χ2v) is 5.19. The lowest BCUT2D eigenvalue weighted by atomic mass is 10.1. The van der Waals surface area contributed by atoms with Crippen LogP contribution in [0.15, 0.2) is 24.3 Å². The van der Waals surface area contributed by atoms with Crippen molar-refractivity contribution in [3.05, 3.63) is 29.8 Å². The third-order valence-corrected chi connectivity index (χ3v) is 3.47. The van der Waals surface area contributed by atoms with Crippen molar-refractivity contribution >= 4 is 11.7 Å². The Labute approximate surface area is 131 Å². The number of carbonyl (C=O) groups is 2. The molecule has 1 aliphatic heterocycles. The molecule has 0 atom stereocenters. The number of hydrogen-bond acceptors (Lipinski definition) is 4. The van der Waals surface area contributed by atoms with Crippen LogP contribution in [-0.4, -0.2) is 49.1 Å². The monoisotopic (exact) mass is 330 g/mol. The van der Waals surface area contributed by atoms with Gasteiger partial charge in [0.1, 0.15) is 5.75 Å². The Morgan fingerprint density at radius 3 is 2.57 bits per heavy atom. The first-order valence-corrected chi connectivity index (χ1v) is 7.21. The fourth-order valence-electron chi connectivity index (χ4n) is 2.28. The van der Waals surface area contributed by atoms with E-state index in [1.165, 1.54) is 12.1 Å². The van der Waals surface area contributed by atoms with Gasteiger partial charge in [0.2, 0.25) is 5.91 Å². The summed E-state index contributed by atoms with van der Waals surface area (Å²) in [6.07, 6.45) is -4.10. The molecular weight excluding hydrogens is 313 g/mol. The van der Waals surface area contributed by atoms with Crippen molar-refractivity contribution in [2.45, 2.75) is 19.2 Å². The number of nitrogens with zero attached hydrogens (tertiary/aromatic N) is 1. The summed E-state index contributed by atoms with van der Waals surface area (Å²) in [6, 6.07) is 4.87. The molecular formula is C15H17F3N2O3. The quantitative estimate of drug-likeness (QED) is 0.839. The minimum absolute atomic E-state index is 0.000852. The van der Waals surface area contributed by atoms with Gasteiger partial charge in [0.25, 0.3) is 0 Å². The number of amides is 1. The number of carbonyl (C=O) groups excluding carboxylic acids is 2. The van der Waals surface area contributed by atoms with Crippen LogP contribution in [0.25, 0.3) is 0 Å². The van der Waals surface area contributed by atoms with E-state index in [2.05, 4.69) is 10.1 Å². The van der Waals surface area contributed by atoms with Gasteiger partial charge in [-0.25, -0.2) is 0 Å². The lowest BCUT2D eigenvalue weighted by Crippen LogP contribution is -2.30. The van der Waals surface area contributed by atoms with Crippen LogP contribution < -0.4 is 10.1 Å². The molecule has 1 saturated heterocycles.